The van der Waals surface area contributed by atoms with Crippen molar-refractivity contribution in [3.05, 3.63) is 0 Å². The fraction of sp³-hybridized carbons (Fsp3) is 1.00. The molecule has 0 aromatic rings. The lowest BCUT2D eigenvalue weighted by Gasteiger charge is -2.37. The molecule has 3 nitrogen and oxygen atoms in total. The summed E-state index contributed by atoms with van der Waals surface area (Å²) < 4.78 is 5.69. The first-order chi connectivity index (χ1) is 8.31. The molecule has 0 aliphatic carbocycles. The van der Waals surface area contributed by atoms with Gasteiger partial charge in [0.1, 0.15) is 0 Å². The van der Waals surface area contributed by atoms with E-state index in [1.165, 1.54) is 51.6 Å². The van der Waals surface area contributed by atoms with E-state index in [0.29, 0.717) is 12.1 Å². The average molecular weight is 242 g/mol. The normalized spacial score (nSPS) is 20.6. The predicted molar refractivity (Wildman–Crippen MR) is 73.2 cm³/mol. The summed E-state index contributed by atoms with van der Waals surface area (Å²) in [4.78, 5) is 2.57. The Balaban J connectivity index is 2.24. The maximum absolute atomic E-state index is 5.91. The number of piperidine rings is 1. The second-order valence-electron chi connectivity index (χ2n) is 5.08. The number of hydrogen-bond acceptors (Lipinski definition) is 3. The van der Waals surface area contributed by atoms with Crippen molar-refractivity contribution in [3.8, 4) is 0 Å². The third kappa shape index (κ3) is 5.36. The highest BCUT2D eigenvalue weighted by Gasteiger charge is 2.23. The number of nitrogens with zero attached hydrogens (tertiary/aromatic N) is 1. The van der Waals surface area contributed by atoms with Gasteiger partial charge in [0.15, 0.2) is 0 Å². The molecule has 0 spiro atoms. The summed E-state index contributed by atoms with van der Waals surface area (Å²) in [7, 11) is 0. The molecule has 3 heteroatoms. The molecular weight excluding hydrogens is 212 g/mol. The Morgan fingerprint density at radius 1 is 1.24 bits per heavy atom. The van der Waals surface area contributed by atoms with E-state index in [1.807, 2.05) is 0 Å². The molecule has 17 heavy (non-hydrogen) atoms. The first kappa shape index (κ1) is 14.9. The number of likely N-dealkylation sites (tertiary alicyclic amines) is 1. The molecule has 0 bridgehead atoms. The molecule has 1 fully saturated rings. The second-order valence-corrected chi connectivity index (χ2v) is 5.08. The Bertz CT molecular complexity index is 179. The quantitative estimate of drug-likeness (QED) is 0.664. The maximum atomic E-state index is 5.91. The molecule has 0 aromatic heterocycles. The van der Waals surface area contributed by atoms with Crippen LogP contribution in [0.2, 0.25) is 0 Å². The summed E-state index contributed by atoms with van der Waals surface area (Å²) in [5, 5.41) is 0. The van der Waals surface area contributed by atoms with Crippen molar-refractivity contribution in [2.75, 3.05) is 26.2 Å². The Labute approximate surface area is 107 Å². The van der Waals surface area contributed by atoms with Crippen molar-refractivity contribution in [2.24, 2.45) is 5.73 Å². The van der Waals surface area contributed by atoms with Gasteiger partial charge in [-0.25, -0.2) is 0 Å². The smallest absolute Gasteiger partial charge is 0.0599 e. The molecule has 1 atom stereocenters. The van der Waals surface area contributed by atoms with E-state index in [0.717, 1.165) is 13.2 Å². The zero-order chi connectivity index (χ0) is 12.5. The number of rotatable bonds is 8. The second kappa shape index (κ2) is 8.90. The van der Waals surface area contributed by atoms with E-state index in [2.05, 4.69) is 18.7 Å². The van der Waals surface area contributed by atoms with Crippen molar-refractivity contribution >= 4 is 0 Å². The van der Waals surface area contributed by atoms with E-state index in [1.54, 1.807) is 0 Å². The molecule has 0 saturated carbocycles. The van der Waals surface area contributed by atoms with Crippen LogP contribution in [0.15, 0.2) is 0 Å². The van der Waals surface area contributed by atoms with Gasteiger partial charge in [-0.2, -0.15) is 0 Å². The molecule has 0 aromatic carbocycles. The Morgan fingerprint density at radius 2 is 1.94 bits per heavy atom. The van der Waals surface area contributed by atoms with Crippen molar-refractivity contribution in [3.63, 3.8) is 0 Å². The van der Waals surface area contributed by atoms with Gasteiger partial charge in [0.2, 0.25) is 0 Å². The summed E-state index contributed by atoms with van der Waals surface area (Å²) in [5.41, 5.74) is 5.91. The van der Waals surface area contributed by atoms with Crippen LogP contribution in [0.4, 0.5) is 0 Å². The van der Waals surface area contributed by atoms with Gasteiger partial charge < -0.3 is 10.5 Å². The van der Waals surface area contributed by atoms with Crippen LogP contribution in [0, 0.1) is 0 Å². The summed E-state index contributed by atoms with van der Waals surface area (Å²) in [5.74, 6) is 0. The highest BCUT2D eigenvalue weighted by Crippen LogP contribution is 2.18. The molecule has 1 rings (SSSR count). The lowest BCUT2D eigenvalue weighted by Crippen LogP contribution is -2.46. The Morgan fingerprint density at radius 3 is 2.47 bits per heavy atom. The summed E-state index contributed by atoms with van der Waals surface area (Å²) in [6.07, 6.45) is 8.07. The molecule has 2 N–H and O–H groups in total. The van der Waals surface area contributed by atoms with Crippen LogP contribution < -0.4 is 5.73 Å². The zero-order valence-corrected chi connectivity index (χ0v) is 11.7. The summed E-state index contributed by atoms with van der Waals surface area (Å²) >= 11 is 0. The molecule has 1 aliphatic heterocycles. The number of ether oxygens (including phenoxy) is 1. The molecule has 102 valence electrons. The highest BCUT2D eigenvalue weighted by molar-refractivity contribution is 4.79. The first-order valence-corrected chi connectivity index (χ1v) is 7.37. The van der Waals surface area contributed by atoms with Crippen LogP contribution >= 0.6 is 0 Å². The standard InChI is InChI=1S/C14H30N2O/c1-3-5-6-7-13(12-15)16-10-8-14(9-11-16)17-4-2/h13-14H,3-12,15H2,1-2H3. The zero-order valence-electron chi connectivity index (χ0n) is 11.7. The monoisotopic (exact) mass is 242 g/mol. The number of unbranched alkanes of at least 4 members (excludes halogenated alkanes) is 2. The minimum atomic E-state index is 0.491. The van der Waals surface area contributed by atoms with Crippen LogP contribution in [-0.4, -0.2) is 43.3 Å². The topological polar surface area (TPSA) is 38.5 Å². The lowest BCUT2D eigenvalue weighted by molar-refractivity contribution is 0.00372. The van der Waals surface area contributed by atoms with Gasteiger partial charge in [0, 0.05) is 32.3 Å². The van der Waals surface area contributed by atoms with Crippen LogP contribution in [0.25, 0.3) is 0 Å². The molecule has 0 radical (unpaired) electrons. The Kier molecular flexibility index (Phi) is 7.82. The molecular formula is C14H30N2O. The molecule has 1 heterocycles. The summed E-state index contributed by atoms with van der Waals surface area (Å²) in [6, 6.07) is 0.601. The first-order valence-electron chi connectivity index (χ1n) is 7.37. The van der Waals surface area contributed by atoms with Crippen LogP contribution in [-0.2, 0) is 4.74 Å². The van der Waals surface area contributed by atoms with Gasteiger partial charge in [0.05, 0.1) is 6.10 Å². The molecule has 1 unspecified atom stereocenters. The van der Waals surface area contributed by atoms with Crippen molar-refractivity contribution in [1.82, 2.24) is 4.90 Å². The van der Waals surface area contributed by atoms with Gasteiger partial charge in [-0.15, -0.1) is 0 Å². The summed E-state index contributed by atoms with van der Waals surface area (Å²) in [6.45, 7) is 8.33. The van der Waals surface area contributed by atoms with E-state index in [4.69, 9.17) is 10.5 Å². The third-order valence-electron chi connectivity index (χ3n) is 3.81. The van der Waals surface area contributed by atoms with Gasteiger partial charge in [-0.05, 0) is 26.2 Å². The average Bonchev–Trinajstić information content (AvgIpc) is 2.36. The number of hydrogen-bond donors (Lipinski definition) is 1. The van der Waals surface area contributed by atoms with Crippen molar-refractivity contribution in [2.45, 2.75) is 64.5 Å². The highest BCUT2D eigenvalue weighted by atomic mass is 16.5. The van der Waals surface area contributed by atoms with Crippen LogP contribution in [0.3, 0.4) is 0 Å². The van der Waals surface area contributed by atoms with E-state index >= 15 is 0 Å². The van der Waals surface area contributed by atoms with Gasteiger partial charge >= 0.3 is 0 Å². The minimum Gasteiger partial charge on any atom is -0.378 e. The van der Waals surface area contributed by atoms with Gasteiger partial charge in [-0.1, -0.05) is 26.2 Å². The lowest BCUT2D eigenvalue weighted by atomic mass is 10.0. The van der Waals surface area contributed by atoms with Crippen LogP contribution in [0.1, 0.15) is 52.4 Å². The van der Waals surface area contributed by atoms with Crippen LogP contribution in [0.5, 0.6) is 0 Å². The fourth-order valence-corrected chi connectivity index (χ4v) is 2.72. The number of nitrogens with two attached hydrogens (primary N) is 1. The van der Waals surface area contributed by atoms with Gasteiger partial charge in [-0.3, -0.25) is 4.90 Å². The van der Waals surface area contributed by atoms with Gasteiger partial charge in [0.25, 0.3) is 0 Å². The fourth-order valence-electron chi connectivity index (χ4n) is 2.72. The molecule has 0 amide bonds. The van der Waals surface area contributed by atoms with E-state index < -0.39 is 0 Å². The van der Waals surface area contributed by atoms with E-state index in [-0.39, 0.29) is 0 Å². The van der Waals surface area contributed by atoms with Crippen molar-refractivity contribution < 1.29 is 4.74 Å². The maximum Gasteiger partial charge on any atom is 0.0599 e. The molecule has 1 saturated heterocycles. The predicted octanol–water partition coefficient (Wildman–Crippen LogP) is 2.39. The largest absolute Gasteiger partial charge is 0.378 e. The van der Waals surface area contributed by atoms with E-state index in [9.17, 15) is 0 Å². The third-order valence-corrected chi connectivity index (χ3v) is 3.81. The Hall–Kier alpha value is -0.120. The molecule has 1 aliphatic rings. The minimum absolute atomic E-state index is 0.491. The SMILES string of the molecule is CCCCCC(CN)N1CCC(OCC)CC1. The van der Waals surface area contributed by atoms with Crippen molar-refractivity contribution in [1.29, 1.82) is 0 Å².